The van der Waals surface area contributed by atoms with Gasteiger partial charge in [-0.15, -0.1) is 0 Å². The molecule has 0 spiro atoms. The van der Waals surface area contributed by atoms with E-state index in [9.17, 15) is 0 Å². The monoisotopic (exact) mass is 244 g/mol. The fraction of sp³-hybridized carbons (Fsp3) is 1.00. The molecule has 0 unspecified atom stereocenters. The molecule has 0 bridgehead atoms. The first kappa shape index (κ1) is 13.5. The van der Waals surface area contributed by atoms with Gasteiger partial charge in [0.25, 0.3) is 0 Å². The maximum absolute atomic E-state index is 5.90. The Kier molecular flexibility index (Phi) is 5.49. The molecule has 0 aromatic rings. The van der Waals surface area contributed by atoms with E-state index < -0.39 is 16.6 Å². The van der Waals surface area contributed by atoms with Crippen LogP contribution in [0.2, 0.25) is 39.3 Å². The van der Waals surface area contributed by atoms with Crippen LogP contribution in [0.1, 0.15) is 0 Å². The minimum atomic E-state index is -1.23. The van der Waals surface area contributed by atoms with Crippen LogP contribution in [0.25, 0.3) is 0 Å². The van der Waals surface area contributed by atoms with Crippen LogP contribution in [0.15, 0.2) is 0 Å². The van der Waals surface area contributed by atoms with Gasteiger partial charge in [-0.2, -0.15) is 0 Å². The summed E-state index contributed by atoms with van der Waals surface area (Å²) in [4.78, 5) is 0. The molecule has 0 N–H and O–H groups in total. The molecule has 0 atom stereocenters. The summed E-state index contributed by atoms with van der Waals surface area (Å²) < 4.78 is 5.90. The van der Waals surface area contributed by atoms with Crippen LogP contribution < -0.4 is 0 Å². The van der Waals surface area contributed by atoms with Gasteiger partial charge >= 0.3 is 17.1 Å². The van der Waals surface area contributed by atoms with Crippen molar-refractivity contribution in [2.45, 2.75) is 39.3 Å². The molecule has 0 amide bonds. The van der Waals surface area contributed by atoms with Gasteiger partial charge in [-0.05, 0) is 39.3 Å². The van der Waals surface area contributed by atoms with Gasteiger partial charge in [0, 0.05) is 0 Å². The Morgan fingerprint density at radius 1 is 0.700 bits per heavy atom. The second-order valence-corrected chi connectivity index (χ2v) is 13.6. The molecule has 0 aliphatic carbocycles. The normalized spacial score (nSPS) is 12.6. The van der Waals surface area contributed by atoms with Crippen molar-refractivity contribution in [3.05, 3.63) is 0 Å². The Hall–Kier alpha value is 0.913. The fourth-order valence-electron chi connectivity index (χ4n) is 0.919. The topological polar surface area (TPSA) is 9.23 Å². The molecule has 0 radical (unpaired) electrons. The number of hydrogen-bond acceptors (Lipinski definition) is 1. The van der Waals surface area contributed by atoms with E-state index in [1.54, 1.807) is 0 Å². The minimum absolute atomic E-state index is 0. The quantitative estimate of drug-likeness (QED) is 0.672. The fourth-order valence-corrected chi connectivity index (χ4v) is 8.27. The predicted octanol–water partition coefficient (Wildman–Crippen LogP) is 1.76. The zero-order valence-electron chi connectivity index (χ0n) is 7.91. The second-order valence-electron chi connectivity index (χ2n) is 4.33. The van der Waals surface area contributed by atoms with E-state index in [2.05, 4.69) is 39.3 Å². The number of hydrogen-bond donors (Lipinski definition) is 0. The van der Waals surface area contributed by atoms with Gasteiger partial charge in [0.2, 0.25) is 0 Å². The molecule has 0 aliphatic heterocycles. The average Bonchev–Trinajstić information content (AvgIpc) is 1.14. The molecular formula is C6H20OSeSi2. The van der Waals surface area contributed by atoms with Crippen LogP contribution in [-0.4, -0.2) is 33.7 Å². The van der Waals surface area contributed by atoms with Gasteiger partial charge in [0.05, 0.1) is 0 Å². The van der Waals surface area contributed by atoms with Crippen molar-refractivity contribution >= 4 is 33.7 Å². The molecule has 64 valence electrons. The first-order valence-corrected chi connectivity index (χ1v) is 10.2. The molecule has 4 heteroatoms. The summed E-state index contributed by atoms with van der Waals surface area (Å²) in [5.41, 5.74) is 0. The maximum atomic E-state index is 5.90. The van der Waals surface area contributed by atoms with Crippen molar-refractivity contribution < 1.29 is 4.12 Å². The second kappa shape index (κ2) is 4.07. The van der Waals surface area contributed by atoms with E-state index in [1.165, 1.54) is 0 Å². The van der Waals surface area contributed by atoms with Gasteiger partial charge in [-0.3, -0.25) is 0 Å². The van der Waals surface area contributed by atoms with E-state index in [-0.39, 0.29) is 17.1 Å². The zero-order valence-corrected chi connectivity index (χ0v) is 12.0. The van der Waals surface area contributed by atoms with Gasteiger partial charge < -0.3 is 4.12 Å². The summed E-state index contributed by atoms with van der Waals surface area (Å²) in [6.07, 6.45) is 0. The Balaban J connectivity index is 0. The summed E-state index contributed by atoms with van der Waals surface area (Å²) in [5.74, 6) is 0. The molecule has 0 saturated carbocycles. The van der Waals surface area contributed by atoms with Crippen molar-refractivity contribution in [1.82, 2.24) is 0 Å². The molecule has 0 fully saturated rings. The van der Waals surface area contributed by atoms with Gasteiger partial charge in [0.15, 0.2) is 16.6 Å². The van der Waals surface area contributed by atoms with Crippen LogP contribution in [0.5, 0.6) is 0 Å². The van der Waals surface area contributed by atoms with Crippen molar-refractivity contribution in [3.63, 3.8) is 0 Å². The standard InChI is InChI=1S/C6H18OSi2.H2Se/c1-8(2,3)7-9(4,5)6;/h1-6H3;1H2. The first-order chi connectivity index (χ1) is 3.71. The van der Waals surface area contributed by atoms with E-state index >= 15 is 0 Å². The first-order valence-electron chi connectivity index (χ1n) is 3.41. The van der Waals surface area contributed by atoms with Crippen LogP contribution in [0.3, 0.4) is 0 Å². The van der Waals surface area contributed by atoms with Crippen LogP contribution >= 0.6 is 0 Å². The summed E-state index contributed by atoms with van der Waals surface area (Å²) in [7, 11) is -2.46. The molecule has 1 nitrogen and oxygen atoms in total. The summed E-state index contributed by atoms with van der Waals surface area (Å²) in [6, 6.07) is 0. The van der Waals surface area contributed by atoms with E-state index in [0.29, 0.717) is 0 Å². The number of rotatable bonds is 2. The Bertz CT molecular complexity index is 80.9. The van der Waals surface area contributed by atoms with Gasteiger partial charge in [-0.25, -0.2) is 0 Å². The Morgan fingerprint density at radius 3 is 0.900 bits per heavy atom. The Morgan fingerprint density at radius 2 is 0.900 bits per heavy atom. The van der Waals surface area contributed by atoms with E-state index in [0.717, 1.165) is 0 Å². The van der Waals surface area contributed by atoms with E-state index in [4.69, 9.17) is 4.12 Å². The van der Waals surface area contributed by atoms with Crippen LogP contribution in [0.4, 0.5) is 0 Å². The Labute approximate surface area is 77.3 Å². The van der Waals surface area contributed by atoms with Crippen molar-refractivity contribution in [3.8, 4) is 0 Å². The third-order valence-corrected chi connectivity index (χ3v) is 5.51. The molecule has 0 saturated heterocycles. The molecule has 10 heavy (non-hydrogen) atoms. The molecule has 0 aromatic carbocycles. The predicted molar refractivity (Wildman–Crippen MR) is 56.3 cm³/mol. The molecule has 0 aliphatic rings. The van der Waals surface area contributed by atoms with Gasteiger partial charge in [-0.1, -0.05) is 0 Å². The summed E-state index contributed by atoms with van der Waals surface area (Å²) in [6.45, 7) is 13.4. The van der Waals surface area contributed by atoms with Crippen molar-refractivity contribution in [2.75, 3.05) is 0 Å². The third-order valence-electron chi connectivity index (χ3n) is 0.612. The van der Waals surface area contributed by atoms with E-state index in [1.807, 2.05) is 0 Å². The summed E-state index contributed by atoms with van der Waals surface area (Å²) in [5, 5.41) is 0. The molecular weight excluding hydrogens is 223 g/mol. The zero-order chi connectivity index (χ0) is 7.71. The average molecular weight is 243 g/mol. The molecule has 0 aromatic heterocycles. The van der Waals surface area contributed by atoms with Crippen LogP contribution in [-0.2, 0) is 4.12 Å². The van der Waals surface area contributed by atoms with Crippen molar-refractivity contribution in [2.24, 2.45) is 0 Å². The molecule has 0 rings (SSSR count). The summed E-state index contributed by atoms with van der Waals surface area (Å²) >= 11 is 0. The molecule has 0 heterocycles. The van der Waals surface area contributed by atoms with Crippen molar-refractivity contribution in [1.29, 1.82) is 0 Å². The van der Waals surface area contributed by atoms with Gasteiger partial charge in [0.1, 0.15) is 0 Å². The third kappa shape index (κ3) is 11.7. The van der Waals surface area contributed by atoms with Crippen LogP contribution in [0, 0.1) is 0 Å². The SMILES string of the molecule is C[Si](C)(C)O[Si](C)(C)C.[SeH2].